The van der Waals surface area contributed by atoms with Crippen molar-refractivity contribution in [2.75, 3.05) is 10.6 Å². The number of hydrogen-bond acceptors (Lipinski definition) is 2. The van der Waals surface area contributed by atoms with Gasteiger partial charge in [0, 0.05) is 11.4 Å². The van der Waals surface area contributed by atoms with E-state index >= 15 is 0 Å². The van der Waals surface area contributed by atoms with Gasteiger partial charge in [0.15, 0.2) is 0 Å². The molecule has 118 valence electrons. The molecule has 4 nitrogen and oxygen atoms in total. The fraction of sp³-hybridized carbons (Fsp3) is 0.263. The molecule has 4 heteroatoms. The Bertz CT molecular complexity index is 749. The van der Waals surface area contributed by atoms with Crippen LogP contribution in [0.15, 0.2) is 48.5 Å². The van der Waals surface area contributed by atoms with Gasteiger partial charge in [-0.05, 0) is 50.5 Å². The van der Waals surface area contributed by atoms with Gasteiger partial charge >= 0.3 is 0 Å². The zero-order valence-electron chi connectivity index (χ0n) is 13.3. The summed E-state index contributed by atoms with van der Waals surface area (Å²) in [5.41, 5.74) is 2.68. The van der Waals surface area contributed by atoms with Crippen LogP contribution < -0.4 is 10.6 Å². The number of carbonyl (C=O) groups excluding carboxylic acids is 2. The van der Waals surface area contributed by atoms with Crippen molar-refractivity contribution in [2.45, 2.75) is 26.7 Å². The van der Waals surface area contributed by atoms with Gasteiger partial charge in [0.25, 0.3) is 0 Å². The molecule has 0 radical (unpaired) electrons. The van der Waals surface area contributed by atoms with Gasteiger partial charge in [-0.3, -0.25) is 9.59 Å². The highest BCUT2D eigenvalue weighted by molar-refractivity contribution is 6.17. The first kappa shape index (κ1) is 15.3. The lowest BCUT2D eigenvalue weighted by molar-refractivity contribution is -0.131. The van der Waals surface area contributed by atoms with Crippen LogP contribution in [0, 0.1) is 19.3 Å². The summed E-state index contributed by atoms with van der Waals surface area (Å²) in [6, 6.07) is 15.1. The van der Waals surface area contributed by atoms with Gasteiger partial charge in [-0.1, -0.05) is 35.9 Å². The summed E-state index contributed by atoms with van der Waals surface area (Å²) in [6.07, 6.45) is 1.17. The van der Waals surface area contributed by atoms with Gasteiger partial charge in [-0.2, -0.15) is 0 Å². The highest BCUT2D eigenvalue weighted by Gasteiger charge is 2.56. The second kappa shape index (κ2) is 5.88. The number of aryl methyl sites for hydroxylation is 2. The molecule has 0 saturated heterocycles. The van der Waals surface area contributed by atoms with Gasteiger partial charge in [0.05, 0.1) is 0 Å². The molecule has 0 spiro atoms. The summed E-state index contributed by atoms with van der Waals surface area (Å²) < 4.78 is 0. The second-order valence-corrected chi connectivity index (χ2v) is 6.17. The van der Waals surface area contributed by atoms with Crippen molar-refractivity contribution in [1.82, 2.24) is 0 Å². The minimum Gasteiger partial charge on any atom is -0.325 e. The second-order valence-electron chi connectivity index (χ2n) is 6.17. The summed E-state index contributed by atoms with van der Waals surface area (Å²) in [6.45, 7) is 3.96. The van der Waals surface area contributed by atoms with Crippen LogP contribution in [0.25, 0.3) is 0 Å². The van der Waals surface area contributed by atoms with Crippen molar-refractivity contribution < 1.29 is 9.59 Å². The summed E-state index contributed by atoms with van der Waals surface area (Å²) in [7, 11) is 0. The number of nitrogens with one attached hydrogen (secondary N) is 2. The first-order valence-corrected chi connectivity index (χ1v) is 7.76. The van der Waals surface area contributed by atoms with Gasteiger partial charge in [0.1, 0.15) is 5.41 Å². The molecule has 1 fully saturated rings. The highest BCUT2D eigenvalue weighted by Crippen LogP contribution is 2.47. The highest BCUT2D eigenvalue weighted by atomic mass is 16.2. The van der Waals surface area contributed by atoms with Crippen molar-refractivity contribution >= 4 is 23.2 Å². The van der Waals surface area contributed by atoms with Crippen LogP contribution in [0.1, 0.15) is 24.0 Å². The van der Waals surface area contributed by atoms with E-state index in [1.165, 1.54) is 0 Å². The Kier molecular flexibility index (Phi) is 3.90. The number of anilines is 2. The molecular weight excluding hydrogens is 288 g/mol. The summed E-state index contributed by atoms with van der Waals surface area (Å²) in [5.74, 6) is -0.455. The van der Waals surface area contributed by atoms with Crippen molar-refractivity contribution in [3.63, 3.8) is 0 Å². The molecule has 2 aromatic carbocycles. The minimum absolute atomic E-state index is 0.224. The number of rotatable bonds is 4. The van der Waals surface area contributed by atoms with E-state index in [0.717, 1.165) is 16.8 Å². The minimum atomic E-state index is -0.937. The Balaban J connectivity index is 1.72. The van der Waals surface area contributed by atoms with Crippen LogP contribution >= 0.6 is 0 Å². The maximum atomic E-state index is 12.6. The Morgan fingerprint density at radius 2 is 1.57 bits per heavy atom. The number of benzene rings is 2. The molecule has 2 N–H and O–H groups in total. The number of carbonyl (C=O) groups is 2. The van der Waals surface area contributed by atoms with Crippen LogP contribution in [0.4, 0.5) is 11.4 Å². The molecule has 3 rings (SSSR count). The Labute approximate surface area is 135 Å². The smallest absolute Gasteiger partial charge is 0.240 e. The van der Waals surface area contributed by atoms with Gasteiger partial charge in [-0.15, -0.1) is 0 Å². The normalized spacial score (nSPS) is 14.9. The Morgan fingerprint density at radius 3 is 2.17 bits per heavy atom. The van der Waals surface area contributed by atoms with Crippen LogP contribution in [-0.4, -0.2) is 11.8 Å². The van der Waals surface area contributed by atoms with Crippen LogP contribution in [0.3, 0.4) is 0 Å². The Morgan fingerprint density at radius 1 is 0.913 bits per heavy atom. The number of amides is 2. The predicted molar refractivity (Wildman–Crippen MR) is 91.3 cm³/mol. The van der Waals surface area contributed by atoms with Gasteiger partial charge in [0.2, 0.25) is 11.8 Å². The van der Waals surface area contributed by atoms with Crippen molar-refractivity contribution in [1.29, 1.82) is 0 Å². The molecule has 0 aliphatic heterocycles. The lowest BCUT2D eigenvalue weighted by Gasteiger charge is -2.16. The average molecular weight is 308 g/mol. The van der Waals surface area contributed by atoms with E-state index in [0.29, 0.717) is 18.5 Å². The maximum Gasteiger partial charge on any atom is 0.240 e. The predicted octanol–water partition coefficient (Wildman–Crippen LogP) is 3.66. The largest absolute Gasteiger partial charge is 0.325 e. The maximum absolute atomic E-state index is 12.6. The molecule has 0 bridgehead atoms. The first-order chi connectivity index (χ1) is 11.0. The van der Waals surface area contributed by atoms with Crippen LogP contribution in [0.2, 0.25) is 0 Å². The molecule has 1 aliphatic rings. The summed E-state index contributed by atoms with van der Waals surface area (Å²) in [5, 5.41) is 5.74. The molecule has 0 unspecified atom stereocenters. The topological polar surface area (TPSA) is 58.2 Å². The van der Waals surface area contributed by atoms with E-state index in [4.69, 9.17) is 0 Å². The monoisotopic (exact) mass is 308 g/mol. The molecule has 2 amide bonds. The number of hydrogen-bond donors (Lipinski definition) is 2. The van der Waals surface area contributed by atoms with E-state index in [-0.39, 0.29) is 11.8 Å². The van der Waals surface area contributed by atoms with E-state index in [1.54, 1.807) is 0 Å². The molecule has 2 aromatic rings. The van der Waals surface area contributed by atoms with Gasteiger partial charge in [-0.25, -0.2) is 0 Å². The third-order valence-electron chi connectivity index (χ3n) is 4.28. The van der Waals surface area contributed by atoms with Crippen LogP contribution in [0.5, 0.6) is 0 Å². The lowest BCUT2D eigenvalue weighted by atomic mass is 10.0. The zero-order chi connectivity index (χ0) is 16.4. The third kappa shape index (κ3) is 3.11. The molecule has 0 aromatic heterocycles. The fourth-order valence-corrected chi connectivity index (χ4v) is 2.65. The van der Waals surface area contributed by atoms with Crippen LogP contribution in [-0.2, 0) is 9.59 Å². The Hall–Kier alpha value is -2.62. The zero-order valence-corrected chi connectivity index (χ0v) is 13.3. The van der Waals surface area contributed by atoms with Gasteiger partial charge < -0.3 is 10.6 Å². The van der Waals surface area contributed by atoms with E-state index in [2.05, 4.69) is 10.6 Å². The summed E-state index contributed by atoms with van der Waals surface area (Å²) >= 11 is 0. The molecule has 1 saturated carbocycles. The van der Waals surface area contributed by atoms with Crippen molar-refractivity contribution in [3.8, 4) is 0 Å². The van der Waals surface area contributed by atoms with E-state index < -0.39 is 5.41 Å². The molecule has 23 heavy (non-hydrogen) atoms. The fourth-order valence-electron chi connectivity index (χ4n) is 2.65. The molecule has 1 aliphatic carbocycles. The SMILES string of the molecule is Cc1ccc(NC(=O)C2(C(=O)Nc3ccccc3)CC2)c(C)c1. The molecular formula is C19H20N2O2. The lowest BCUT2D eigenvalue weighted by Crippen LogP contribution is -2.35. The van der Waals surface area contributed by atoms with Crippen molar-refractivity contribution in [3.05, 3.63) is 59.7 Å². The third-order valence-corrected chi connectivity index (χ3v) is 4.28. The van der Waals surface area contributed by atoms with E-state index in [9.17, 15) is 9.59 Å². The molecule has 0 heterocycles. The summed E-state index contributed by atoms with van der Waals surface area (Å²) in [4.78, 5) is 25.1. The van der Waals surface area contributed by atoms with E-state index in [1.807, 2.05) is 62.4 Å². The van der Waals surface area contributed by atoms with Crippen molar-refractivity contribution in [2.24, 2.45) is 5.41 Å². The standard InChI is InChI=1S/C19H20N2O2/c1-13-8-9-16(14(2)12-13)21-18(23)19(10-11-19)17(22)20-15-6-4-3-5-7-15/h3-9,12H,10-11H2,1-2H3,(H,20,22)(H,21,23). The first-order valence-electron chi connectivity index (χ1n) is 7.76. The number of para-hydroxylation sites is 1. The quantitative estimate of drug-likeness (QED) is 0.847. The molecule has 0 atom stereocenters. The average Bonchev–Trinajstić information content (AvgIpc) is 3.33.